The van der Waals surface area contributed by atoms with Gasteiger partial charge < -0.3 is 9.88 Å². The van der Waals surface area contributed by atoms with Gasteiger partial charge in [-0.3, -0.25) is 9.36 Å². The number of rotatable bonds is 4. The molecule has 0 saturated heterocycles. The average Bonchev–Trinajstić information content (AvgIpc) is 3.29. The number of anilines is 1. The summed E-state index contributed by atoms with van der Waals surface area (Å²) in [5.74, 6) is 0.334. The molecule has 1 aromatic carbocycles. The molecular formula is C18H17N7O. The lowest BCUT2D eigenvalue weighted by atomic mass is 10.3. The van der Waals surface area contributed by atoms with Gasteiger partial charge >= 0.3 is 0 Å². The van der Waals surface area contributed by atoms with E-state index in [-0.39, 0.29) is 17.8 Å². The minimum atomic E-state index is -0.351. The van der Waals surface area contributed by atoms with E-state index in [0.717, 1.165) is 16.7 Å². The van der Waals surface area contributed by atoms with E-state index in [2.05, 4.69) is 25.5 Å². The maximum Gasteiger partial charge on any atom is 0.294 e. The van der Waals surface area contributed by atoms with Crippen molar-refractivity contribution in [2.75, 3.05) is 5.32 Å². The molecule has 26 heavy (non-hydrogen) atoms. The van der Waals surface area contributed by atoms with Crippen LogP contribution >= 0.6 is 0 Å². The fourth-order valence-electron chi connectivity index (χ4n) is 2.76. The summed E-state index contributed by atoms with van der Waals surface area (Å²) < 4.78 is 3.66. The zero-order valence-electron chi connectivity index (χ0n) is 14.4. The van der Waals surface area contributed by atoms with Crippen molar-refractivity contribution in [3.8, 4) is 5.69 Å². The van der Waals surface area contributed by atoms with Crippen LogP contribution in [0.5, 0.6) is 0 Å². The van der Waals surface area contributed by atoms with E-state index in [1.54, 1.807) is 29.5 Å². The van der Waals surface area contributed by atoms with Gasteiger partial charge in [0.25, 0.3) is 5.91 Å². The van der Waals surface area contributed by atoms with Crippen LogP contribution in [0.25, 0.3) is 16.7 Å². The second-order valence-corrected chi connectivity index (χ2v) is 6.11. The highest BCUT2D eigenvalue weighted by Crippen LogP contribution is 2.19. The minimum absolute atomic E-state index is 0.0855. The topological polar surface area (TPSA) is 90.5 Å². The number of imidazole rings is 1. The molecule has 0 aliphatic rings. The molecule has 0 saturated carbocycles. The summed E-state index contributed by atoms with van der Waals surface area (Å²) in [6.45, 7) is 3.92. The van der Waals surface area contributed by atoms with Gasteiger partial charge in [-0.05, 0) is 32.0 Å². The Bertz CT molecular complexity index is 1080. The highest BCUT2D eigenvalue weighted by molar-refractivity contribution is 6.01. The molecule has 0 bridgehead atoms. The standard InChI is InChI=1S/C18H17N7O/c1-12(2)24-11-21-23-17(24)18(26)22-16-9-13(7-8-19-16)25-10-20-14-5-3-4-6-15(14)25/h3-12H,1-2H3,(H,19,22,26). The molecule has 8 heteroatoms. The summed E-state index contributed by atoms with van der Waals surface area (Å²) in [6, 6.07) is 11.6. The van der Waals surface area contributed by atoms with E-state index < -0.39 is 0 Å². The predicted octanol–water partition coefficient (Wildman–Crippen LogP) is 2.85. The molecule has 0 radical (unpaired) electrons. The van der Waals surface area contributed by atoms with Gasteiger partial charge in [0, 0.05) is 18.3 Å². The maximum absolute atomic E-state index is 12.5. The number of benzene rings is 1. The Balaban J connectivity index is 1.64. The zero-order chi connectivity index (χ0) is 18.1. The van der Waals surface area contributed by atoms with Crippen LogP contribution in [0.3, 0.4) is 0 Å². The molecule has 4 rings (SSSR count). The Kier molecular flexibility index (Phi) is 3.92. The van der Waals surface area contributed by atoms with Crippen LogP contribution in [0.15, 0.2) is 55.2 Å². The smallest absolute Gasteiger partial charge is 0.294 e. The summed E-state index contributed by atoms with van der Waals surface area (Å²) in [6.07, 6.45) is 4.94. The number of fused-ring (bicyclic) bond motifs is 1. The maximum atomic E-state index is 12.5. The lowest BCUT2D eigenvalue weighted by molar-refractivity contribution is 0.101. The van der Waals surface area contributed by atoms with Crippen molar-refractivity contribution in [1.29, 1.82) is 0 Å². The first-order valence-electron chi connectivity index (χ1n) is 8.23. The van der Waals surface area contributed by atoms with Gasteiger partial charge in [0.1, 0.15) is 18.5 Å². The predicted molar refractivity (Wildman–Crippen MR) is 97.2 cm³/mol. The lowest BCUT2D eigenvalue weighted by Crippen LogP contribution is -2.19. The first-order chi connectivity index (χ1) is 12.6. The number of nitrogens with one attached hydrogen (secondary N) is 1. The molecule has 3 heterocycles. The Labute approximate surface area is 149 Å². The van der Waals surface area contributed by atoms with Gasteiger partial charge in [-0.15, -0.1) is 10.2 Å². The summed E-state index contributed by atoms with van der Waals surface area (Å²) >= 11 is 0. The van der Waals surface area contributed by atoms with Gasteiger partial charge in [0.05, 0.1) is 16.7 Å². The zero-order valence-corrected chi connectivity index (χ0v) is 14.4. The number of carbonyl (C=O) groups excluding carboxylic acids is 1. The van der Waals surface area contributed by atoms with Crippen LogP contribution in [0.1, 0.15) is 30.5 Å². The van der Waals surface area contributed by atoms with Crippen molar-refractivity contribution < 1.29 is 4.79 Å². The van der Waals surface area contributed by atoms with Crippen LogP contribution in [0.2, 0.25) is 0 Å². The molecule has 4 aromatic rings. The molecular weight excluding hydrogens is 330 g/mol. The van der Waals surface area contributed by atoms with Gasteiger partial charge in [-0.25, -0.2) is 9.97 Å². The largest absolute Gasteiger partial charge is 0.307 e. The van der Waals surface area contributed by atoms with Crippen LogP contribution in [-0.2, 0) is 0 Å². The highest BCUT2D eigenvalue weighted by Gasteiger charge is 2.16. The first kappa shape index (κ1) is 15.9. The SMILES string of the molecule is CC(C)n1cnnc1C(=O)Nc1cc(-n2cnc3ccccc32)ccn1. The van der Waals surface area contributed by atoms with Crippen molar-refractivity contribution in [3.63, 3.8) is 0 Å². The number of hydrogen-bond acceptors (Lipinski definition) is 5. The molecule has 0 fully saturated rings. The monoisotopic (exact) mass is 347 g/mol. The fraction of sp³-hybridized carbons (Fsp3) is 0.167. The normalized spacial score (nSPS) is 11.2. The third kappa shape index (κ3) is 2.81. The summed E-state index contributed by atoms with van der Waals surface area (Å²) in [7, 11) is 0. The van der Waals surface area contributed by atoms with Crippen LogP contribution in [-0.4, -0.2) is 35.2 Å². The molecule has 0 aliphatic carbocycles. The Hall–Kier alpha value is -3.55. The Morgan fingerprint density at radius 3 is 2.81 bits per heavy atom. The molecule has 0 atom stereocenters. The van der Waals surface area contributed by atoms with E-state index in [1.807, 2.05) is 48.7 Å². The quantitative estimate of drug-likeness (QED) is 0.613. The second-order valence-electron chi connectivity index (χ2n) is 6.11. The van der Waals surface area contributed by atoms with Gasteiger partial charge in [-0.1, -0.05) is 12.1 Å². The van der Waals surface area contributed by atoms with E-state index in [0.29, 0.717) is 5.82 Å². The van der Waals surface area contributed by atoms with Crippen molar-refractivity contribution in [2.24, 2.45) is 0 Å². The summed E-state index contributed by atoms with van der Waals surface area (Å²) in [5, 5.41) is 10.5. The van der Waals surface area contributed by atoms with E-state index in [9.17, 15) is 4.79 Å². The van der Waals surface area contributed by atoms with Crippen LogP contribution < -0.4 is 5.32 Å². The van der Waals surface area contributed by atoms with Crippen LogP contribution in [0.4, 0.5) is 5.82 Å². The lowest BCUT2D eigenvalue weighted by Gasteiger charge is -2.10. The van der Waals surface area contributed by atoms with Crippen molar-refractivity contribution in [1.82, 2.24) is 29.3 Å². The van der Waals surface area contributed by atoms with Crippen molar-refractivity contribution in [3.05, 3.63) is 61.1 Å². The molecule has 0 spiro atoms. The molecule has 3 aromatic heterocycles. The minimum Gasteiger partial charge on any atom is -0.307 e. The number of pyridine rings is 1. The fourth-order valence-corrected chi connectivity index (χ4v) is 2.76. The van der Waals surface area contributed by atoms with Crippen molar-refractivity contribution in [2.45, 2.75) is 19.9 Å². The second kappa shape index (κ2) is 6.40. The number of carbonyl (C=O) groups is 1. The molecule has 8 nitrogen and oxygen atoms in total. The molecule has 0 unspecified atom stereocenters. The summed E-state index contributed by atoms with van der Waals surface area (Å²) in [5.41, 5.74) is 2.74. The molecule has 1 N–H and O–H groups in total. The van der Waals surface area contributed by atoms with Gasteiger partial charge in [0.2, 0.25) is 5.82 Å². The Morgan fingerprint density at radius 1 is 1.12 bits per heavy atom. The molecule has 1 amide bonds. The van der Waals surface area contributed by atoms with E-state index in [4.69, 9.17) is 0 Å². The average molecular weight is 347 g/mol. The third-order valence-corrected chi connectivity index (χ3v) is 4.05. The summed E-state index contributed by atoms with van der Waals surface area (Å²) in [4.78, 5) is 21.1. The number of hydrogen-bond donors (Lipinski definition) is 1. The molecule has 0 aliphatic heterocycles. The van der Waals surface area contributed by atoms with Crippen molar-refractivity contribution >= 4 is 22.8 Å². The van der Waals surface area contributed by atoms with Crippen LogP contribution in [0, 0.1) is 0 Å². The third-order valence-electron chi connectivity index (χ3n) is 4.05. The number of para-hydroxylation sites is 2. The molecule has 130 valence electrons. The number of nitrogens with zero attached hydrogens (tertiary/aromatic N) is 6. The van der Waals surface area contributed by atoms with E-state index >= 15 is 0 Å². The highest BCUT2D eigenvalue weighted by atomic mass is 16.2. The number of amides is 1. The Morgan fingerprint density at radius 2 is 1.96 bits per heavy atom. The number of aromatic nitrogens is 6. The van der Waals surface area contributed by atoms with Gasteiger partial charge in [0.15, 0.2) is 0 Å². The van der Waals surface area contributed by atoms with Gasteiger partial charge in [-0.2, -0.15) is 0 Å². The first-order valence-corrected chi connectivity index (χ1v) is 8.23. The van der Waals surface area contributed by atoms with E-state index in [1.165, 1.54) is 0 Å².